The Morgan fingerprint density at radius 3 is 2.60 bits per heavy atom. The van der Waals surface area contributed by atoms with E-state index in [0.717, 1.165) is 34.3 Å². The molecule has 7 heteroatoms. The number of thioether (sulfide) groups is 1. The summed E-state index contributed by atoms with van der Waals surface area (Å²) in [6.07, 6.45) is 1.49. The SMILES string of the molecule is Cc1oc(-c2ccccc2)nc1CCC(=O)c1ccc(CC2CN([O-])C(=O)S2)cc1. The van der Waals surface area contributed by atoms with Crippen molar-refractivity contribution in [3.63, 3.8) is 0 Å². The maximum Gasteiger partial charge on any atom is 0.271 e. The van der Waals surface area contributed by atoms with E-state index in [1.165, 1.54) is 0 Å². The van der Waals surface area contributed by atoms with E-state index in [2.05, 4.69) is 4.98 Å². The monoisotopic (exact) mass is 421 g/mol. The molecule has 1 atom stereocenters. The second-order valence-corrected chi connectivity index (χ2v) is 8.53. The summed E-state index contributed by atoms with van der Waals surface area (Å²) in [5.74, 6) is 1.34. The van der Waals surface area contributed by atoms with Crippen LogP contribution in [0.3, 0.4) is 0 Å². The fourth-order valence-corrected chi connectivity index (χ4v) is 4.40. The number of nitrogens with zero attached hydrogens (tertiary/aromatic N) is 2. The summed E-state index contributed by atoms with van der Waals surface area (Å²) < 4.78 is 5.76. The van der Waals surface area contributed by atoms with E-state index in [0.29, 0.717) is 35.8 Å². The van der Waals surface area contributed by atoms with Crippen LogP contribution in [-0.2, 0) is 12.8 Å². The van der Waals surface area contributed by atoms with E-state index < -0.39 is 5.24 Å². The lowest BCUT2D eigenvalue weighted by atomic mass is 10.0. The molecule has 1 aliphatic rings. The van der Waals surface area contributed by atoms with Crippen LogP contribution < -0.4 is 0 Å². The molecule has 1 aliphatic heterocycles. The minimum atomic E-state index is -0.426. The van der Waals surface area contributed by atoms with Crippen molar-refractivity contribution in [2.45, 2.75) is 31.4 Å². The van der Waals surface area contributed by atoms with Gasteiger partial charge in [0, 0.05) is 35.8 Å². The van der Waals surface area contributed by atoms with Gasteiger partial charge in [-0.15, -0.1) is 0 Å². The van der Waals surface area contributed by atoms with E-state index in [1.807, 2.05) is 49.4 Å². The summed E-state index contributed by atoms with van der Waals surface area (Å²) in [5, 5.41) is 11.3. The van der Waals surface area contributed by atoms with E-state index in [9.17, 15) is 14.8 Å². The normalized spacial score (nSPS) is 16.3. The second-order valence-electron chi connectivity index (χ2n) is 7.28. The average molecular weight is 421 g/mol. The molecule has 3 aromatic rings. The van der Waals surface area contributed by atoms with E-state index in [4.69, 9.17) is 4.42 Å². The molecule has 1 unspecified atom stereocenters. The number of hydrogen-bond acceptors (Lipinski definition) is 6. The number of hydrogen-bond donors (Lipinski definition) is 0. The van der Waals surface area contributed by atoms with Gasteiger partial charge in [-0.05, 0) is 31.0 Å². The number of carbonyl (C=O) groups excluding carboxylic acids is 2. The number of aryl methyl sites for hydroxylation is 2. The fourth-order valence-electron chi connectivity index (χ4n) is 3.43. The van der Waals surface area contributed by atoms with Crippen LogP contribution in [0, 0.1) is 12.1 Å². The highest BCUT2D eigenvalue weighted by molar-refractivity contribution is 8.14. The summed E-state index contributed by atoms with van der Waals surface area (Å²) in [5.41, 5.74) is 3.36. The predicted molar refractivity (Wildman–Crippen MR) is 116 cm³/mol. The summed E-state index contributed by atoms with van der Waals surface area (Å²) in [7, 11) is 0. The first-order valence-corrected chi connectivity index (χ1v) is 10.7. The van der Waals surface area contributed by atoms with E-state index >= 15 is 0 Å². The first-order valence-electron chi connectivity index (χ1n) is 9.79. The Morgan fingerprint density at radius 1 is 1.20 bits per heavy atom. The van der Waals surface area contributed by atoms with Crippen molar-refractivity contribution in [1.82, 2.24) is 10.0 Å². The summed E-state index contributed by atoms with van der Waals surface area (Å²) in [4.78, 5) is 28.5. The molecule has 0 aliphatic carbocycles. The molecule has 1 aromatic heterocycles. The van der Waals surface area contributed by atoms with Gasteiger partial charge in [-0.25, -0.2) is 4.98 Å². The van der Waals surface area contributed by atoms with Gasteiger partial charge in [0.15, 0.2) is 5.78 Å². The standard InChI is InChI=1S/C23H21N2O4S/c1-15-20(24-22(29-15)18-5-3-2-4-6-18)11-12-21(26)17-9-7-16(8-10-17)13-19-14-25(28)23(27)30-19/h2-10,19H,11-14H2,1H3/q-1. The van der Waals surface area contributed by atoms with Crippen LogP contribution >= 0.6 is 11.8 Å². The molecule has 2 aromatic carbocycles. The molecule has 2 heterocycles. The lowest BCUT2D eigenvalue weighted by Gasteiger charge is -2.19. The zero-order valence-corrected chi connectivity index (χ0v) is 17.4. The third-order valence-electron chi connectivity index (χ3n) is 5.08. The van der Waals surface area contributed by atoms with Crippen molar-refractivity contribution in [2.75, 3.05) is 6.54 Å². The topological polar surface area (TPSA) is 86.5 Å². The molecule has 1 fully saturated rings. The largest absolute Gasteiger partial charge is 0.756 e. The van der Waals surface area contributed by atoms with Gasteiger partial charge in [0.1, 0.15) is 5.76 Å². The van der Waals surface area contributed by atoms with Gasteiger partial charge >= 0.3 is 0 Å². The van der Waals surface area contributed by atoms with Gasteiger partial charge in [-0.2, -0.15) is 0 Å². The lowest BCUT2D eigenvalue weighted by Crippen LogP contribution is -2.18. The highest BCUT2D eigenvalue weighted by Crippen LogP contribution is 2.27. The van der Waals surface area contributed by atoms with Gasteiger partial charge in [0.2, 0.25) is 5.89 Å². The van der Waals surface area contributed by atoms with E-state index in [-0.39, 0.29) is 17.6 Å². The number of carbonyl (C=O) groups is 2. The highest BCUT2D eigenvalue weighted by Gasteiger charge is 2.25. The molecule has 1 saturated heterocycles. The first kappa shape index (κ1) is 20.4. The number of Topliss-reactive ketones (excluding diaryl/α,β-unsaturated/α-hetero) is 1. The lowest BCUT2D eigenvalue weighted by molar-refractivity contribution is 0.0982. The molecule has 154 valence electrons. The molecule has 1 amide bonds. The smallest absolute Gasteiger partial charge is 0.271 e. The number of aromatic nitrogens is 1. The van der Waals surface area contributed by atoms with Crippen LogP contribution in [-0.4, -0.2) is 32.9 Å². The van der Waals surface area contributed by atoms with Crippen LogP contribution in [0.25, 0.3) is 11.5 Å². The van der Waals surface area contributed by atoms with Crippen molar-refractivity contribution in [3.8, 4) is 11.5 Å². The van der Waals surface area contributed by atoms with Gasteiger partial charge in [-0.1, -0.05) is 54.2 Å². The van der Waals surface area contributed by atoms with Crippen LogP contribution in [0.2, 0.25) is 0 Å². The Bertz CT molecular complexity index is 1050. The van der Waals surface area contributed by atoms with Crippen LogP contribution in [0.15, 0.2) is 59.0 Å². The summed E-state index contributed by atoms with van der Waals surface area (Å²) in [6, 6.07) is 17.1. The molecule has 0 saturated carbocycles. The molecule has 30 heavy (non-hydrogen) atoms. The first-order chi connectivity index (χ1) is 14.5. The number of rotatable bonds is 7. The molecular weight excluding hydrogens is 400 g/mol. The van der Waals surface area contributed by atoms with Crippen LogP contribution in [0.4, 0.5) is 4.79 Å². The third kappa shape index (κ3) is 4.63. The quantitative estimate of drug-likeness (QED) is 0.497. The molecule has 0 bridgehead atoms. The van der Waals surface area contributed by atoms with Gasteiger partial charge in [-0.3, -0.25) is 9.59 Å². The molecule has 0 spiro atoms. The van der Waals surface area contributed by atoms with Crippen molar-refractivity contribution in [1.29, 1.82) is 0 Å². The molecular formula is C23H21N2O4S-. The highest BCUT2D eigenvalue weighted by atomic mass is 32.2. The van der Waals surface area contributed by atoms with Crippen LogP contribution in [0.5, 0.6) is 0 Å². The second kappa shape index (κ2) is 8.85. The Kier molecular flexibility index (Phi) is 6.01. The van der Waals surface area contributed by atoms with Gasteiger partial charge < -0.3 is 14.7 Å². The van der Waals surface area contributed by atoms with Crippen molar-refractivity contribution >= 4 is 22.8 Å². The van der Waals surface area contributed by atoms with Crippen molar-refractivity contribution in [2.24, 2.45) is 0 Å². The number of hydroxylamine groups is 2. The Hall–Kier alpha value is -2.90. The van der Waals surface area contributed by atoms with E-state index in [1.54, 1.807) is 12.1 Å². The minimum absolute atomic E-state index is 0.0366. The van der Waals surface area contributed by atoms with Gasteiger partial charge in [0.05, 0.1) is 5.69 Å². The van der Waals surface area contributed by atoms with Crippen LogP contribution in [0.1, 0.15) is 33.8 Å². The van der Waals surface area contributed by atoms with Crippen molar-refractivity contribution < 1.29 is 14.0 Å². The third-order valence-corrected chi connectivity index (χ3v) is 6.14. The number of benzene rings is 2. The number of amides is 1. The summed E-state index contributed by atoms with van der Waals surface area (Å²) in [6.45, 7) is 2.08. The molecule has 4 rings (SSSR count). The Morgan fingerprint density at radius 2 is 1.93 bits per heavy atom. The molecule has 0 N–H and O–H groups in total. The predicted octanol–water partition coefficient (Wildman–Crippen LogP) is 5.04. The Labute approximate surface area is 178 Å². The number of ketones is 1. The Balaban J connectivity index is 1.34. The summed E-state index contributed by atoms with van der Waals surface area (Å²) >= 11 is 1.08. The number of oxazole rings is 1. The van der Waals surface area contributed by atoms with Crippen molar-refractivity contribution in [3.05, 3.63) is 82.4 Å². The van der Waals surface area contributed by atoms with Gasteiger partial charge in [0.25, 0.3) is 5.24 Å². The fraction of sp³-hybridized carbons (Fsp3) is 0.261. The average Bonchev–Trinajstić information content (AvgIpc) is 3.28. The molecule has 0 radical (unpaired) electrons. The maximum absolute atomic E-state index is 12.6. The molecule has 6 nitrogen and oxygen atoms in total. The zero-order valence-electron chi connectivity index (χ0n) is 16.5. The minimum Gasteiger partial charge on any atom is -0.756 e. The maximum atomic E-state index is 12.6. The zero-order chi connectivity index (χ0) is 21.1.